The zero-order valence-electron chi connectivity index (χ0n) is 23.5. The number of nitrogens with zero attached hydrogens (tertiary/aromatic N) is 5. The van der Waals surface area contributed by atoms with E-state index in [1.807, 2.05) is 30.7 Å². The van der Waals surface area contributed by atoms with Gasteiger partial charge in [0.05, 0.1) is 24.0 Å². The second-order valence-corrected chi connectivity index (χ2v) is 10.6. The number of pyridine rings is 1. The summed E-state index contributed by atoms with van der Waals surface area (Å²) in [4.78, 5) is 47.9. The number of carbonyl (C=O) groups is 3. The molecule has 0 fully saturated rings. The summed E-state index contributed by atoms with van der Waals surface area (Å²) in [5.74, 6) is -2.48. The average Bonchev–Trinajstić information content (AvgIpc) is 3.72. The molecule has 0 atom stereocenters. The summed E-state index contributed by atoms with van der Waals surface area (Å²) in [6.45, 7) is 6.06. The minimum atomic E-state index is -1.20. The maximum absolute atomic E-state index is 16.4. The molecule has 2 amide bonds. The van der Waals surface area contributed by atoms with E-state index in [1.54, 1.807) is 35.6 Å². The molecular weight excluding hydrogens is 539 g/mol. The molecule has 0 aliphatic carbocycles. The van der Waals surface area contributed by atoms with Gasteiger partial charge in [-0.3, -0.25) is 24.0 Å². The van der Waals surface area contributed by atoms with Crippen molar-refractivity contribution >= 4 is 34.3 Å². The number of aryl methyl sites for hydroxylation is 2. The molecule has 0 saturated heterocycles. The van der Waals surface area contributed by atoms with Gasteiger partial charge >= 0.3 is 5.97 Å². The third kappa shape index (κ3) is 4.74. The Kier molecular flexibility index (Phi) is 7.09. The number of aliphatic carboxylic acids is 1. The van der Waals surface area contributed by atoms with Gasteiger partial charge in [0.25, 0.3) is 5.91 Å². The molecule has 0 radical (unpaired) electrons. The first-order valence-electron chi connectivity index (χ1n) is 14.1. The average molecular weight is 571 g/mol. The summed E-state index contributed by atoms with van der Waals surface area (Å²) in [6, 6.07) is 5.39. The molecule has 11 heteroatoms. The van der Waals surface area contributed by atoms with Crippen molar-refractivity contribution in [2.24, 2.45) is 0 Å². The van der Waals surface area contributed by atoms with Gasteiger partial charge in [-0.25, -0.2) is 4.39 Å². The molecule has 2 N–H and O–H groups in total. The molecule has 5 heterocycles. The van der Waals surface area contributed by atoms with Crippen LogP contribution in [0.3, 0.4) is 0 Å². The van der Waals surface area contributed by atoms with E-state index < -0.39 is 24.1 Å². The molecule has 0 unspecified atom stereocenters. The number of aromatic amines is 1. The Morgan fingerprint density at radius 3 is 2.64 bits per heavy atom. The molecule has 0 spiro atoms. The fraction of sp³-hybridized carbons (Fsp3) is 0.323. The Bertz CT molecular complexity index is 1770. The Hall–Kier alpha value is -4.80. The molecular formula is C31H31FN6O4. The van der Waals surface area contributed by atoms with Crippen molar-refractivity contribution in [3.05, 3.63) is 76.8 Å². The Balaban J connectivity index is 1.43. The van der Waals surface area contributed by atoms with E-state index in [0.29, 0.717) is 49.1 Å². The number of nitrogens with one attached hydrogen (secondary N) is 1. The third-order valence-corrected chi connectivity index (χ3v) is 8.14. The molecule has 216 valence electrons. The standard InChI is InChI=1S/C31H31FN6O4/c1-3-18-7-8-33-14-24(18)22-10-21(19-6-5-9-36(15-19)27(39)12-28(40)41)29(32)30-23(22)11-25(35-30)31(42)37-16-20-13-34-38(4-2)26(20)17-37/h6-8,10-11,13-14,35H,3-5,9,12,15-17H2,1-2H3,(H,40,41). The highest BCUT2D eigenvalue weighted by molar-refractivity contribution is 6.05. The van der Waals surface area contributed by atoms with Gasteiger partial charge in [0, 0.05) is 60.6 Å². The van der Waals surface area contributed by atoms with E-state index in [4.69, 9.17) is 5.11 Å². The highest BCUT2D eigenvalue weighted by atomic mass is 19.1. The van der Waals surface area contributed by atoms with Crippen LogP contribution < -0.4 is 0 Å². The summed E-state index contributed by atoms with van der Waals surface area (Å²) in [5.41, 5.74) is 5.95. The number of fused-ring (bicyclic) bond motifs is 2. The van der Waals surface area contributed by atoms with Crippen LogP contribution in [0.2, 0.25) is 0 Å². The third-order valence-electron chi connectivity index (χ3n) is 8.14. The smallest absolute Gasteiger partial charge is 0.312 e. The lowest BCUT2D eigenvalue weighted by molar-refractivity contribution is -0.144. The summed E-state index contributed by atoms with van der Waals surface area (Å²) < 4.78 is 18.3. The molecule has 42 heavy (non-hydrogen) atoms. The zero-order chi connectivity index (χ0) is 29.5. The first-order chi connectivity index (χ1) is 20.3. The van der Waals surface area contributed by atoms with Crippen molar-refractivity contribution in [3.63, 3.8) is 0 Å². The van der Waals surface area contributed by atoms with Gasteiger partial charge in [0.1, 0.15) is 12.1 Å². The van der Waals surface area contributed by atoms with Gasteiger partial charge < -0.3 is 19.9 Å². The van der Waals surface area contributed by atoms with E-state index in [2.05, 4.69) is 15.1 Å². The molecule has 3 aromatic heterocycles. The lowest BCUT2D eigenvalue weighted by Gasteiger charge is -2.28. The van der Waals surface area contributed by atoms with E-state index in [9.17, 15) is 14.4 Å². The van der Waals surface area contributed by atoms with Crippen LogP contribution in [0.1, 0.15) is 59.6 Å². The first-order valence-corrected chi connectivity index (χ1v) is 14.1. The normalized spacial score (nSPS) is 14.8. The number of carboxylic acid groups (broad SMARTS) is 1. The molecule has 0 bridgehead atoms. The predicted molar refractivity (Wildman–Crippen MR) is 154 cm³/mol. The number of hydrogen-bond acceptors (Lipinski definition) is 5. The minimum Gasteiger partial charge on any atom is -0.481 e. The number of aromatic nitrogens is 4. The van der Waals surface area contributed by atoms with Gasteiger partial charge in [0.2, 0.25) is 5.91 Å². The molecule has 0 saturated carbocycles. The quantitative estimate of drug-likeness (QED) is 0.318. The number of benzene rings is 1. The van der Waals surface area contributed by atoms with Crippen molar-refractivity contribution in [2.75, 3.05) is 13.1 Å². The topological polar surface area (TPSA) is 124 Å². The van der Waals surface area contributed by atoms with Crippen LogP contribution in [0.15, 0.2) is 42.9 Å². The van der Waals surface area contributed by atoms with Crippen molar-refractivity contribution in [1.82, 2.24) is 29.5 Å². The van der Waals surface area contributed by atoms with Crippen LogP contribution >= 0.6 is 0 Å². The Morgan fingerprint density at radius 2 is 1.88 bits per heavy atom. The van der Waals surface area contributed by atoms with Crippen molar-refractivity contribution < 1.29 is 23.9 Å². The van der Waals surface area contributed by atoms with Crippen LogP contribution in [0.4, 0.5) is 4.39 Å². The predicted octanol–water partition coefficient (Wildman–Crippen LogP) is 4.39. The van der Waals surface area contributed by atoms with Gasteiger partial charge in [-0.15, -0.1) is 0 Å². The van der Waals surface area contributed by atoms with Gasteiger partial charge in [-0.1, -0.05) is 13.0 Å². The van der Waals surface area contributed by atoms with Crippen LogP contribution in [0.5, 0.6) is 0 Å². The molecule has 2 aliphatic heterocycles. The Morgan fingerprint density at radius 1 is 1.05 bits per heavy atom. The molecule has 1 aromatic carbocycles. The fourth-order valence-electron chi connectivity index (χ4n) is 5.99. The van der Waals surface area contributed by atoms with Gasteiger partial charge in [0.15, 0.2) is 5.82 Å². The van der Waals surface area contributed by atoms with E-state index in [0.717, 1.165) is 34.4 Å². The van der Waals surface area contributed by atoms with Crippen molar-refractivity contribution in [1.29, 1.82) is 0 Å². The van der Waals surface area contributed by atoms with Crippen LogP contribution in [0.25, 0.3) is 27.6 Å². The summed E-state index contributed by atoms with van der Waals surface area (Å²) >= 11 is 0. The van der Waals surface area contributed by atoms with Crippen LogP contribution in [-0.4, -0.2) is 65.5 Å². The van der Waals surface area contributed by atoms with E-state index in [1.165, 1.54) is 4.90 Å². The fourth-order valence-corrected chi connectivity index (χ4v) is 5.99. The van der Waals surface area contributed by atoms with Gasteiger partial charge in [-0.05, 0) is 54.7 Å². The second kappa shape index (κ2) is 10.9. The second-order valence-electron chi connectivity index (χ2n) is 10.6. The minimum absolute atomic E-state index is 0.0919. The molecule has 2 aliphatic rings. The van der Waals surface area contributed by atoms with Crippen molar-refractivity contribution in [2.45, 2.75) is 52.7 Å². The number of amides is 2. The van der Waals surface area contributed by atoms with E-state index in [-0.39, 0.29) is 23.7 Å². The van der Waals surface area contributed by atoms with Crippen LogP contribution in [0, 0.1) is 5.82 Å². The number of halogens is 1. The SMILES string of the molecule is CCc1ccncc1-c1cc(C2=CCCN(C(=O)CC(=O)O)C2)c(F)c2[nH]c(C(=O)N3Cc4cnn(CC)c4C3)cc12. The maximum atomic E-state index is 16.4. The highest BCUT2D eigenvalue weighted by Gasteiger charge is 2.30. The largest absolute Gasteiger partial charge is 0.481 e. The number of carboxylic acids is 1. The molecule has 10 nitrogen and oxygen atoms in total. The zero-order valence-corrected chi connectivity index (χ0v) is 23.5. The summed E-state index contributed by atoms with van der Waals surface area (Å²) in [6.07, 6.45) is 7.72. The monoisotopic (exact) mass is 570 g/mol. The number of hydrogen-bond donors (Lipinski definition) is 2. The van der Waals surface area contributed by atoms with E-state index >= 15 is 4.39 Å². The van der Waals surface area contributed by atoms with Crippen molar-refractivity contribution in [3.8, 4) is 11.1 Å². The molecule has 4 aromatic rings. The lowest BCUT2D eigenvalue weighted by atomic mass is 9.91. The maximum Gasteiger partial charge on any atom is 0.312 e. The summed E-state index contributed by atoms with van der Waals surface area (Å²) in [7, 11) is 0. The number of H-pyrrole nitrogens is 1. The van der Waals surface area contributed by atoms with Crippen LogP contribution in [-0.2, 0) is 35.6 Å². The summed E-state index contributed by atoms with van der Waals surface area (Å²) in [5, 5.41) is 14.0. The molecule has 6 rings (SSSR count). The number of rotatable bonds is 7. The highest BCUT2D eigenvalue weighted by Crippen LogP contribution is 2.38. The lowest BCUT2D eigenvalue weighted by Crippen LogP contribution is -2.36. The van der Waals surface area contributed by atoms with Gasteiger partial charge in [-0.2, -0.15) is 5.10 Å². The Labute approximate surface area is 241 Å². The number of carbonyl (C=O) groups excluding carboxylic acids is 2. The first kappa shape index (κ1) is 27.4.